The average Bonchev–Trinajstić information content (AvgIpc) is 2.20. The van der Waals surface area contributed by atoms with Crippen LogP contribution in [0.4, 0.5) is 0 Å². The molecule has 0 rings (SSSR count). The first-order chi connectivity index (χ1) is 6.81. The highest BCUT2D eigenvalue weighted by molar-refractivity contribution is 4.54. The smallest absolute Gasteiger partial charge is 0.0590 e. The van der Waals surface area contributed by atoms with E-state index in [1.807, 2.05) is 6.92 Å². The van der Waals surface area contributed by atoms with Gasteiger partial charge in [-0.2, -0.15) is 0 Å². The molecule has 0 bridgehead atoms. The normalized spacial score (nSPS) is 11.1. The third-order valence-corrected chi connectivity index (χ3v) is 2.19. The Hall–Kier alpha value is -0.120. The van der Waals surface area contributed by atoms with Crippen LogP contribution < -0.4 is 5.32 Å². The summed E-state index contributed by atoms with van der Waals surface area (Å²) in [6, 6.07) is 0. The highest BCUT2D eigenvalue weighted by Crippen LogP contribution is 1.89. The Labute approximate surface area is 88.8 Å². The summed E-state index contributed by atoms with van der Waals surface area (Å²) in [5, 5.41) is 3.36. The number of rotatable bonds is 10. The van der Waals surface area contributed by atoms with Crippen molar-refractivity contribution in [2.45, 2.75) is 26.7 Å². The Kier molecular flexibility index (Phi) is 10.9. The predicted molar refractivity (Wildman–Crippen MR) is 61.8 cm³/mol. The van der Waals surface area contributed by atoms with Crippen LogP contribution in [0.3, 0.4) is 0 Å². The minimum Gasteiger partial charge on any atom is -0.380 e. The molecule has 0 spiro atoms. The van der Waals surface area contributed by atoms with Crippen molar-refractivity contribution in [3.63, 3.8) is 0 Å². The standard InChI is InChI=1S/C11H26N2O/c1-4-6-9-13(3)10-7-12-8-11-14-5-2/h12H,4-11H2,1-3H3. The topological polar surface area (TPSA) is 24.5 Å². The number of nitrogens with zero attached hydrogens (tertiary/aromatic N) is 1. The second kappa shape index (κ2) is 11.0. The molecule has 0 unspecified atom stereocenters. The number of likely N-dealkylation sites (N-methyl/N-ethyl adjacent to an activating group) is 1. The number of unbranched alkanes of at least 4 members (excludes halogenated alkanes) is 1. The van der Waals surface area contributed by atoms with Crippen molar-refractivity contribution in [1.29, 1.82) is 0 Å². The quantitative estimate of drug-likeness (QED) is 0.541. The summed E-state index contributed by atoms with van der Waals surface area (Å²) in [6.07, 6.45) is 2.58. The second-order valence-corrected chi connectivity index (χ2v) is 3.60. The summed E-state index contributed by atoms with van der Waals surface area (Å²) in [5.41, 5.74) is 0. The van der Waals surface area contributed by atoms with E-state index in [0.29, 0.717) is 0 Å². The molecule has 0 heterocycles. The molecule has 0 aliphatic rings. The summed E-state index contributed by atoms with van der Waals surface area (Å²) < 4.78 is 5.23. The molecule has 86 valence electrons. The van der Waals surface area contributed by atoms with Crippen LogP contribution in [-0.4, -0.2) is 51.3 Å². The predicted octanol–water partition coefficient (Wildman–Crippen LogP) is 1.34. The Morgan fingerprint density at radius 2 is 1.93 bits per heavy atom. The van der Waals surface area contributed by atoms with E-state index in [4.69, 9.17) is 4.74 Å². The number of hydrogen-bond donors (Lipinski definition) is 1. The highest BCUT2D eigenvalue weighted by atomic mass is 16.5. The zero-order valence-corrected chi connectivity index (χ0v) is 10.0. The molecule has 0 amide bonds. The first kappa shape index (κ1) is 13.9. The lowest BCUT2D eigenvalue weighted by Gasteiger charge is -2.16. The summed E-state index contributed by atoms with van der Waals surface area (Å²) in [6.45, 7) is 10.3. The van der Waals surface area contributed by atoms with E-state index in [1.165, 1.54) is 19.4 Å². The van der Waals surface area contributed by atoms with Crippen LogP contribution in [0.15, 0.2) is 0 Å². The largest absolute Gasteiger partial charge is 0.380 e. The van der Waals surface area contributed by atoms with Crippen molar-refractivity contribution < 1.29 is 4.74 Å². The molecule has 1 N–H and O–H groups in total. The van der Waals surface area contributed by atoms with Crippen molar-refractivity contribution in [1.82, 2.24) is 10.2 Å². The summed E-state index contributed by atoms with van der Waals surface area (Å²) in [7, 11) is 2.18. The van der Waals surface area contributed by atoms with Crippen LogP contribution in [0.1, 0.15) is 26.7 Å². The lowest BCUT2D eigenvalue weighted by Crippen LogP contribution is -2.31. The number of ether oxygens (including phenoxy) is 1. The maximum atomic E-state index is 5.23. The van der Waals surface area contributed by atoms with Crippen molar-refractivity contribution in [2.24, 2.45) is 0 Å². The molecule has 0 aliphatic heterocycles. The second-order valence-electron chi connectivity index (χ2n) is 3.60. The van der Waals surface area contributed by atoms with E-state index in [2.05, 4.69) is 24.2 Å². The van der Waals surface area contributed by atoms with Gasteiger partial charge < -0.3 is 15.0 Å². The van der Waals surface area contributed by atoms with Gasteiger partial charge in [-0.05, 0) is 26.9 Å². The summed E-state index contributed by atoms with van der Waals surface area (Å²) in [5.74, 6) is 0. The zero-order valence-electron chi connectivity index (χ0n) is 10.0. The van der Waals surface area contributed by atoms with Gasteiger partial charge in [-0.1, -0.05) is 13.3 Å². The molecule has 0 radical (unpaired) electrons. The molecule has 14 heavy (non-hydrogen) atoms. The molecule has 0 aromatic carbocycles. The third kappa shape index (κ3) is 9.96. The van der Waals surface area contributed by atoms with Gasteiger partial charge in [-0.3, -0.25) is 0 Å². The zero-order chi connectivity index (χ0) is 10.6. The van der Waals surface area contributed by atoms with Gasteiger partial charge in [0.2, 0.25) is 0 Å². The van der Waals surface area contributed by atoms with Crippen LogP contribution in [0.2, 0.25) is 0 Å². The molecular formula is C11H26N2O. The average molecular weight is 202 g/mol. The van der Waals surface area contributed by atoms with Crippen molar-refractivity contribution in [3.05, 3.63) is 0 Å². The van der Waals surface area contributed by atoms with Crippen LogP contribution >= 0.6 is 0 Å². The van der Waals surface area contributed by atoms with Crippen molar-refractivity contribution in [2.75, 3.05) is 46.4 Å². The van der Waals surface area contributed by atoms with Crippen molar-refractivity contribution >= 4 is 0 Å². The molecule has 0 aromatic rings. The monoisotopic (exact) mass is 202 g/mol. The lowest BCUT2D eigenvalue weighted by atomic mass is 10.3. The van der Waals surface area contributed by atoms with E-state index in [0.717, 1.165) is 32.8 Å². The SMILES string of the molecule is CCCCN(C)CCNCCOCC. The summed E-state index contributed by atoms with van der Waals surface area (Å²) >= 11 is 0. The minimum absolute atomic E-state index is 0.818. The van der Waals surface area contributed by atoms with Crippen LogP contribution in [0, 0.1) is 0 Å². The fourth-order valence-electron chi connectivity index (χ4n) is 1.22. The van der Waals surface area contributed by atoms with Gasteiger partial charge in [-0.25, -0.2) is 0 Å². The molecule has 0 saturated heterocycles. The number of hydrogen-bond acceptors (Lipinski definition) is 3. The van der Waals surface area contributed by atoms with Gasteiger partial charge in [0.1, 0.15) is 0 Å². The Balaban J connectivity index is 3.02. The fourth-order valence-corrected chi connectivity index (χ4v) is 1.22. The van der Waals surface area contributed by atoms with E-state index in [9.17, 15) is 0 Å². The van der Waals surface area contributed by atoms with Crippen LogP contribution in [-0.2, 0) is 4.74 Å². The first-order valence-corrected chi connectivity index (χ1v) is 5.78. The fraction of sp³-hybridized carbons (Fsp3) is 1.00. The van der Waals surface area contributed by atoms with E-state index in [-0.39, 0.29) is 0 Å². The molecule has 3 nitrogen and oxygen atoms in total. The van der Waals surface area contributed by atoms with Gasteiger partial charge in [0.05, 0.1) is 6.61 Å². The maximum Gasteiger partial charge on any atom is 0.0590 e. The molecule has 0 atom stereocenters. The molecule has 0 aromatic heterocycles. The third-order valence-electron chi connectivity index (χ3n) is 2.19. The van der Waals surface area contributed by atoms with Gasteiger partial charge in [0.25, 0.3) is 0 Å². The molecule has 0 aliphatic carbocycles. The van der Waals surface area contributed by atoms with Gasteiger partial charge >= 0.3 is 0 Å². The maximum absolute atomic E-state index is 5.23. The van der Waals surface area contributed by atoms with Crippen molar-refractivity contribution in [3.8, 4) is 0 Å². The van der Waals surface area contributed by atoms with Gasteiger partial charge in [-0.15, -0.1) is 0 Å². The first-order valence-electron chi connectivity index (χ1n) is 5.78. The number of nitrogens with one attached hydrogen (secondary N) is 1. The Morgan fingerprint density at radius 1 is 1.14 bits per heavy atom. The van der Waals surface area contributed by atoms with E-state index < -0.39 is 0 Å². The molecule has 0 saturated carbocycles. The summed E-state index contributed by atoms with van der Waals surface area (Å²) in [4.78, 5) is 2.37. The van der Waals surface area contributed by atoms with E-state index >= 15 is 0 Å². The molecule has 0 fully saturated rings. The van der Waals surface area contributed by atoms with Crippen LogP contribution in [0.5, 0.6) is 0 Å². The Morgan fingerprint density at radius 3 is 2.57 bits per heavy atom. The van der Waals surface area contributed by atoms with Gasteiger partial charge in [0, 0.05) is 26.2 Å². The van der Waals surface area contributed by atoms with Gasteiger partial charge in [0.15, 0.2) is 0 Å². The highest BCUT2D eigenvalue weighted by Gasteiger charge is 1.95. The van der Waals surface area contributed by atoms with E-state index in [1.54, 1.807) is 0 Å². The Bertz CT molecular complexity index is 109. The minimum atomic E-state index is 0.818. The molecular weight excluding hydrogens is 176 g/mol. The van der Waals surface area contributed by atoms with Crippen LogP contribution in [0.25, 0.3) is 0 Å². The molecule has 3 heteroatoms. The lowest BCUT2D eigenvalue weighted by molar-refractivity contribution is 0.148.